The van der Waals surface area contributed by atoms with Crippen LogP contribution in [-0.2, 0) is 9.47 Å². The molecule has 1 aliphatic carbocycles. The summed E-state index contributed by atoms with van der Waals surface area (Å²) in [5.74, 6) is 6.28. The van der Waals surface area contributed by atoms with Crippen LogP contribution in [0.5, 0.6) is 0 Å². The molecule has 0 unspecified atom stereocenters. The fraction of sp³-hybridized carbons (Fsp3) is 0.545. The van der Waals surface area contributed by atoms with Crippen molar-refractivity contribution in [2.45, 2.75) is 58.7 Å². The average Bonchev–Trinajstić information content (AvgIpc) is 2.97. The van der Waals surface area contributed by atoms with Crippen LogP contribution in [0.25, 0.3) is 0 Å². The molecule has 1 aliphatic heterocycles. The first-order valence-corrected chi connectivity index (χ1v) is 8.94. The Balaban J connectivity index is 1.60. The van der Waals surface area contributed by atoms with E-state index in [1.807, 2.05) is 0 Å². The molecule has 0 bridgehead atoms. The molecule has 1 saturated carbocycles. The second kappa shape index (κ2) is 6.75. The van der Waals surface area contributed by atoms with Crippen molar-refractivity contribution in [1.29, 1.82) is 0 Å². The number of hydrogen-bond donors (Lipinski definition) is 0. The third kappa shape index (κ3) is 4.09. The maximum absolute atomic E-state index is 5.83. The molecule has 2 nitrogen and oxygen atoms in total. The summed E-state index contributed by atoms with van der Waals surface area (Å²) in [4.78, 5) is 0. The molecule has 128 valence electrons. The van der Waals surface area contributed by atoms with Crippen molar-refractivity contribution in [3.8, 4) is 11.8 Å². The molecule has 2 heteroatoms. The predicted molar refractivity (Wildman–Crippen MR) is 97.8 cm³/mol. The van der Waals surface area contributed by atoms with E-state index in [-0.39, 0.29) is 11.2 Å². The second-order valence-corrected chi connectivity index (χ2v) is 7.82. The molecule has 2 aliphatic rings. The van der Waals surface area contributed by atoms with Gasteiger partial charge in [-0.15, -0.1) is 0 Å². The normalized spacial score (nSPS) is 21.3. The van der Waals surface area contributed by atoms with Crippen molar-refractivity contribution in [2.24, 2.45) is 5.41 Å². The number of rotatable bonds is 2. The number of hydrogen-bond acceptors (Lipinski definition) is 2. The highest BCUT2D eigenvalue weighted by Gasteiger charge is 2.44. The van der Waals surface area contributed by atoms with Gasteiger partial charge in [-0.3, -0.25) is 0 Å². The predicted octanol–water partition coefficient (Wildman–Crippen LogP) is 4.92. The molecule has 0 atom stereocenters. The van der Waals surface area contributed by atoms with Crippen LogP contribution in [0.2, 0.25) is 0 Å². The van der Waals surface area contributed by atoms with E-state index < -0.39 is 0 Å². The smallest absolute Gasteiger partial charge is 0.168 e. The molecular formula is C22H28O2. The van der Waals surface area contributed by atoms with Crippen molar-refractivity contribution < 1.29 is 9.47 Å². The van der Waals surface area contributed by atoms with Crippen molar-refractivity contribution in [3.63, 3.8) is 0 Å². The number of allylic oxidation sites excluding steroid dienone is 1. The van der Waals surface area contributed by atoms with Gasteiger partial charge in [-0.25, -0.2) is 0 Å². The molecule has 1 heterocycles. The maximum atomic E-state index is 5.83. The first-order valence-electron chi connectivity index (χ1n) is 8.94. The SMILES string of the molecule is C=C(C#Cc1cc(C)cc(C)c1)CC1(C)CCC2(CC1)OCCO2. The Kier molecular flexibility index (Phi) is 4.85. The minimum atomic E-state index is -0.286. The summed E-state index contributed by atoms with van der Waals surface area (Å²) in [6.07, 6.45) is 5.15. The summed E-state index contributed by atoms with van der Waals surface area (Å²) in [5.41, 5.74) is 4.88. The van der Waals surface area contributed by atoms with Gasteiger partial charge in [0.25, 0.3) is 0 Å². The Hall–Kier alpha value is -1.56. The van der Waals surface area contributed by atoms with Gasteiger partial charge in [-0.2, -0.15) is 0 Å². The lowest BCUT2D eigenvalue weighted by Crippen LogP contribution is -2.39. The van der Waals surface area contributed by atoms with Crippen LogP contribution < -0.4 is 0 Å². The first kappa shape index (κ1) is 17.3. The van der Waals surface area contributed by atoms with Crippen LogP contribution >= 0.6 is 0 Å². The van der Waals surface area contributed by atoms with E-state index in [9.17, 15) is 0 Å². The standard InChI is InChI=1S/C22H28O2/c1-17(5-6-20-14-18(2)13-19(3)15-20)16-21(4)7-9-22(10-8-21)23-11-12-24-22/h13-15H,1,7-12,16H2,2-4H3. The van der Waals surface area contributed by atoms with Gasteiger partial charge in [0.05, 0.1) is 13.2 Å². The van der Waals surface area contributed by atoms with E-state index in [0.29, 0.717) is 0 Å². The summed E-state index contributed by atoms with van der Waals surface area (Å²) in [6, 6.07) is 6.44. The summed E-state index contributed by atoms with van der Waals surface area (Å²) < 4.78 is 11.7. The third-order valence-corrected chi connectivity index (χ3v) is 5.28. The highest BCUT2D eigenvalue weighted by molar-refractivity contribution is 5.43. The Labute approximate surface area is 146 Å². The van der Waals surface area contributed by atoms with Crippen LogP contribution in [-0.4, -0.2) is 19.0 Å². The zero-order chi connectivity index (χ0) is 17.2. The minimum Gasteiger partial charge on any atom is -0.348 e. The fourth-order valence-electron chi connectivity index (χ4n) is 3.96. The number of benzene rings is 1. The molecule has 1 saturated heterocycles. The van der Waals surface area contributed by atoms with Gasteiger partial charge in [-0.1, -0.05) is 31.4 Å². The lowest BCUT2D eigenvalue weighted by molar-refractivity contribution is -0.190. The van der Waals surface area contributed by atoms with Crippen molar-refractivity contribution in [3.05, 3.63) is 47.0 Å². The van der Waals surface area contributed by atoms with E-state index in [4.69, 9.17) is 9.47 Å². The second-order valence-electron chi connectivity index (χ2n) is 7.82. The van der Waals surface area contributed by atoms with Crippen LogP contribution in [0.1, 0.15) is 55.7 Å². The summed E-state index contributed by atoms with van der Waals surface area (Å²) in [5, 5.41) is 0. The van der Waals surface area contributed by atoms with Crippen LogP contribution in [0.15, 0.2) is 30.4 Å². The monoisotopic (exact) mass is 324 g/mol. The molecule has 1 spiro atoms. The van der Waals surface area contributed by atoms with Crippen LogP contribution in [0, 0.1) is 31.1 Å². The van der Waals surface area contributed by atoms with Crippen LogP contribution in [0.3, 0.4) is 0 Å². The van der Waals surface area contributed by atoms with Crippen molar-refractivity contribution >= 4 is 0 Å². The third-order valence-electron chi connectivity index (χ3n) is 5.28. The quantitative estimate of drug-likeness (QED) is 0.719. The van der Waals surface area contributed by atoms with Gasteiger partial charge >= 0.3 is 0 Å². The Morgan fingerprint density at radius 2 is 1.62 bits per heavy atom. The van der Waals surface area contributed by atoms with E-state index in [2.05, 4.69) is 57.4 Å². The first-order chi connectivity index (χ1) is 11.4. The number of ether oxygens (including phenoxy) is 2. The summed E-state index contributed by atoms with van der Waals surface area (Å²) >= 11 is 0. The van der Waals surface area contributed by atoms with Gasteiger partial charge < -0.3 is 9.47 Å². The molecule has 3 rings (SSSR count). The lowest BCUT2D eigenvalue weighted by Gasteiger charge is -2.41. The minimum absolute atomic E-state index is 0.259. The Morgan fingerprint density at radius 1 is 1.04 bits per heavy atom. The topological polar surface area (TPSA) is 18.5 Å². The molecule has 0 aromatic heterocycles. The lowest BCUT2D eigenvalue weighted by atomic mass is 9.70. The average molecular weight is 324 g/mol. The molecule has 0 radical (unpaired) electrons. The molecule has 24 heavy (non-hydrogen) atoms. The van der Waals surface area contributed by atoms with Crippen molar-refractivity contribution in [2.75, 3.05) is 13.2 Å². The summed E-state index contributed by atoms with van der Waals surface area (Å²) in [6.45, 7) is 12.3. The van der Waals surface area contributed by atoms with E-state index in [1.165, 1.54) is 11.1 Å². The zero-order valence-electron chi connectivity index (χ0n) is 15.2. The molecule has 0 N–H and O–H groups in total. The zero-order valence-corrected chi connectivity index (χ0v) is 15.2. The van der Waals surface area contributed by atoms with E-state index in [0.717, 1.165) is 56.5 Å². The van der Waals surface area contributed by atoms with E-state index >= 15 is 0 Å². The molecule has 1 aromatic rings. The van der Waals surface area contributed by atoms with Gasteiger partial charge in [0.2, 0.25) is 0 Å². The largest absolute Gasteiger partial charge is 0.348 e. The van der Waals surface area contributed by atoms with E-state index in [1.54, 1.807) is 0 Å². The molecule has 0 amide bonds. The fourth-order valence-corrected chi connectivity index (χ4v) is 3.96. The number of aryl methyl sites for hydroxylation is 2. The highest BCUT2D eigenvalue weighted by Crippen LogP contribution is 2.47. The van der Waals surface area contributed by atoms with Gasteiger partial charge in [0, 0.05) is 18.4 Å². The van der Waals surface area contributed by atoms with Gasteiger partial charge in [0.1, 0.15) is 0 Å². The Bertz CT molecular complexity index is 653. The van der Waals surface area contributed by atoms with Gasteiger partial charge in [-0.05, 0) is 67.4 Å². The Morgan fingerprint density at radius 3 is 2.21 bits per heavy atom. The van der Waals surface area contributed by atoms with Gasteiger partial charge in [0.15, 0.2) is 5.79 Å². The maximum Gasteiger partial charge on any atom is 0.168 e. The van der Waals surface area contributed by atoms with Crippen LogP contribution in [0.4, 0.5) is 0 Å². The summed E-state index contributed by atoms with van der Waals surface area (Å²) in [7, 11) is 0. The molecule has 1 aromatic carbocycles. The highest BCUT2D eigenvalue weighted by atomic mass is 16.7. The molecular weight excluding hydrogens is 296 g/mol. The molecule has 2 fully saturated rings. The van der Waals surface area contributed by atoms with Crippen molar-refractivity contribution in [1.82, 2.24) is 0 Å².